The Morgan fingerprint density at radius 2 is 0.582 bits per heavy atom. The molecule has 0 heterocycles. The fourth-order valence-corrected chi connectivity index (χ4v) is 7.16. The number of hydrogen-bond donors (Lipinski definition) is 0. The molecule has 6 nitrogen and oxygen atoms in total. The van der Waals surface area contributed by atoms with Crippen LogP contribution in [0.4, 0.5) is 0 Å². The Labute approximate surface area is 412 Å². The van der Waals surface area contributed by atoms with Crippen LogP contribution in [-0.4, -0.2) is 37.2 Å². The summed E-state index contributed by atoms with van der Waals surface area (Å²) in [5, 5.41) is 0. The van der Waals surface area contributed by atoms with E-state index in [1.807, 2.05) is 0 Å². The Kier molecular flexibility index (Phi) is 51.5. The maximum absolute atomic E-state index is 12.8. The van der Waals surface area contributed by atoms with Gasteiger partial charge >= 0.3 is 17.9 Å². The van der Waals surface area contributed by atoms with Crippen LogP contribution in [0.1, 0.15) is 239 Å². The minimum Gasteiger partial charge on any atom is -0.462 e. The normalized spacial score (nSPS) is 12.9. The summed E-state index contributed by atoms with van der Waals surface area (Å²) in [6.07, 6.45) is 73.7. The van der Waals surface area contributed by atoms with Crippen molar-refractivity contribution < 1.29 is 28.6 Å². The molecule has 1 unspecified atom stereocenters. The van der Waals surface area contributed by atoms with E-state index in [9.17, 15) is 14.4 Å². The van der Waals surface area contributed by atoms with Crippen molar-refractivity contribution in [2.24, 2.45) is 0 Å². The monoisotopic (exact) mass is 929 g/mol. The minimum absolute atomic E-state index is 0.0952. The molecule has 0 amide bonds. The van der Waals surface area contributed by atoms with Crippen LogP contribution in [0.25, 0.3) is 0 Å². The Morgan fingerprint density at radius 3 is 0.970 bits per heavy atom. The molecule has 0 saturated carbocycles. The molecule has 0 aliphatic carbocycles. The van der Waals surface area contributed by atoms with Gasteiger partial charge in [0.05, 0.1) is 0 Å². The average Bonchev–Trinajstić information content (AvgIpc) is 3.33. The zero-order valence-corrected chi connectivity index (χ0v) is 43.4. The summed E-state index contributed by atoms with van der Waals surface area (Å²) in [7, 11) is 0. The summed E-state index contributed by atoms with van der Waals surface area (Å²) in [5.74, 6) is -0.956. The van der Waals surface area contributed by atoms with Crippen LogP contribution in [0, 0.1) is 0 Å². The van der Waals surface area contributed by atoms with Crippen LogP contribution >= 0.6 is 0 Å². The summed E-state index contributed by atoms with van der Waals surface area (Å²) in [4.78, 5) is 37.9. The van der Waals surface area contributed by atoms with Crippen molar-refractivity contribution in [2.45, 2.75) is 245 Å². The number of hydrogen-bond acceptors (Lipinski definition) is 6. The molecule has 0 aromatic rings. The van der Waals surface area contributed by atoms with Gasteiger partial charge < -0.3 is 14.2 Å². The van der Waals surface area contributed by atoms with Crippen LogP contribution in [0.15, 0.2) is 109 Å². The molecule has 0 saturated heterocycles. The van der Waals surface area contributed by atoms with Gasteiger partial charge in [0.25, 0.3) is 0 Å². The highest BCUT2D eigenvalue weighted by Crippen LogP contribution is 2.13. The number of allylic oxidation sites excluding steroid dienone is 18. The number of carbonyl (C=O) groups is 3. The molecule has 0 radical (unpaired) electrons. The van der Waals surface area contributed by atoms with Gasteiger partial charge in [-0.2, -0.15) is 0 Å². The Balaban J connectivity index is 4.35. The highest BCUT2D eigenvalue weighted by molar-refractivity contribution is 5.71. The smallest absolute Gasteiger partial charge is 0.306 e. The van der Waals surface area contributed by atoms with Crippen molar-refractivity contribution in [3.63, 3.8) is 0 Å². The van der Waals surface area contributed by atoms with Crippen molar-refractivity contribution >= 4 is 17.9 Å². The highest BCUT2D eigenvalue weighted by atomic mass is 16.6. The first-order chi connectivity index (χ1) is 33.0. The van der Waals surface area contributed by atoms with Gasteiger partial charge in [0.2, 0.25) is 0 Å². The Hall–Kier alpha value is -3.93. The van der Waals surface area contributed by atoms with Crippen LogP contribution in [0.2, 0.25) is 0 Å². The first kappa shape index (κ1) is 63.1. The van der Waals surface area contributed by atoms with E-state index in [1.165, 1.54) is 77.0 Å². The summed E-state index contributed by atoms with van der Waals surface area (Å²) in [6, 6.07) is 0. The molecule has 6 heteroatoms. The largest absolute Gasteiger partial charge is 0.462 e. The van der Waals surface area contributed by atoms with Gasteiger partial charge in [-0.3, -0.25) is 14.4 Å². The summed E-state index contributed by atoms with van der Waals surface area (Å²) in [5.41, 5.74) is 0. The second-order valence-electron chi connectivity index (χ2n) is 17.8. The summed E-state index contributed by atoms with van der Waals surface area (Å²) in [6.45, 7) is 6.43. The lowest BCUT2D eigenvalue weighted by Crippen LogP contribution is -2.30. The fraction of sp³-hybridized carbons (Fsp3) is 0.656. The third-order valence-corrected chi connectivity index (χ3v) is 11.3. The molecular weight excluding hydrogens is 829 g/mol. The van der Waals surface area contributed by atoms with Crippen molar-refractivity contribution in [1.29, 1.82) is 0 Å². The number of ether oxygens (including phenoxy) is 3. The molecule has 1 atom stereocenters. The van der Waals surface area contributed by atoms with Gasteiger partial charge in [-0.15, -0.1) is 0 Å². The second-order valence-corrected chi connectivity index (χ2v) is 17.8. The van der Waals surface area contributed by atoms with Crippen molar-refractivity contribution in [3.05, 3.63) is 109 Å². The maximum atomic E-state index is 12.8. The van der Waals surface area contributed by atoms with Crippen molar-refractivity contribution in [2.75, 3.05) is 13.2 Å². The van der Waals surface area contributed by atoms with Gasteiger partial charge in [-0.1, -0.05) is 220 Å². The molecule has 0 rings (SSSR count). The molecular formula is C61H100O6. The van der Waals surface area contributed by atoms with E-state index in [0.717, 1.165) is 122 Å². The second kappa shape index (κ2) is 54.7. The average molecular weight is 929 g/mol. The molecule has 0 N–H and O–H groups in total. The minimum atomic E-state index is -0.798. The van der Waals surface area contributed by atoms with E-state index in [4.69, 9.17) is 14.2 Å². The predicted molar refractivity (Wildman–Crippen MR) is 288 cm³/mol. The maximum Gasteiger partial charge on any atom is 0.306 e. The molecule has 0 aliphatic rings. The molecule has 0 bridgehead atoms. The molecule has 0 spiro atoms. The van der Waals surface area contributed by atoms with Crippen LogP contribution in [-0.2, 0) is 28.6 Å². The van der Waals surface area contributed by atoms with Crippen molar-refractivity contribution in [1.82, 2.24) is 0 Å². The van der Waals surface area contributed by atoms with Gasteiger partial charge in [-0.25, -0.2) is 0 Å². The number of carbonyl (C=O) groups excluding carboxylic acids is 3. The van der Waals surface area contributed by atoms with Crippen LogP contribution < -0.4 is 0 Å². The number of esters is 3. The SMILES string of the molecule is CC/C=C\C/C=C\C/C=C\C/C=C\C/C=C\C/C=C\C/C=C\C/C=C\CCCCC(=O)OCC(COC(=O)CCCCCCCCCCC)OC(=O)CCCCCCC/C=C\CCCCCC. The standard InChI is InChI=1S/C61H100O6/c1-4-7-10-13-16-19-21-23-24-25-26-27-28-29-30-31-32-33-34-35-36-38-39-42-45-48-51-54-60(63)66-57-58(56-65-59(62)53-50-47-44-41-18-15-12-9-6-3)67-61(64)55-52-49-46-43-40-37-22-20-17-14-11-8-5-2/h7,10,16,19-20,22-24,26-27,29-30,32-33,35-36,39,42,58H,4-6,8-9,11-15,17-18,21,25,28,31,34,37-38,40-41,43-57H2,1-3H3/b10-7-,19-16-,22-20-,24-23-,27-26-,30-29-,33-32-,36-35-,42-39-. The summed E-state index contributed by atoms with van der Waals surface area (Å²) >= 11 is 0. The lowest BCUT2D eigenvalue weighted by atomic mass is 10.1. The third-order valence-electron chi connectivity index (χ3n) is 11.3. The van der Waals surface area contributed by atoms with Gasteiger partial charge in [-0.05, 0) is 109 Å². The molecule has 0 aromatic carbocycles. The van der Waals surface area contributed by atoms with Crippen LogP contribution in [0.5, 0.6) is 0 Å². The van der Waals surface area contributed by atoms with Crippen LogP contribution in [0.3, 0.4) is 0 Å². The van der Waals surface area contributed by atoms with Gasteiger partial charge in [0.15, 0.2) is 6.10 Å². The summed E-state index contributed by atoms with van der Waals surface area (Å²) < 4.78 is 16.7. The molecule has 0 aromatic heterocycles. The predicted octanol–water partition coefficient (Wildman–Crippen LogP) is 18.3. The first-order valence-electron chi connectivity index (χ1n) is 27.4. The molecule has 67 heavy (non-hydrogen) atoms. The van der Waals surface area contributed by atoms with Gasteiger partial charge in [0.1, 0.15) is 13.2 Å². The number of rotatable bonds is 48. The van der Waals surface area contributed by atoms with E-state index < -0.39 is 6.10 Å². The third kappa shape index (κ3) is 52.9. The zero-order valence-electron chi connectivity index (χ0n) is 43.4. The lowest BCUT2D eigenvalue weighted by Gasteiger charge is -2.18. The quantitative estimate of drug-likeness (QED) is 0.0262. The van der Waals surface area contributed by atoms with E-state index >= 15 is 0 Å². The van der Waals surface area contributed by atoms with E-state index in [1.54, 1.807) is 0 Å². The first-order valence-corrected chi connectivity index (χ1v) is 27.4. The topological polar surface area (TPSA) is 78.9 Å². The van der Waals surface area contributed by atoms with E-state index in [2.05, 4.69) is 130 Å². The lowest BCUT2D eigenvalue weighted by molar-refractivity contribution is -0.167. The number of unbranched alkanes of at least 4 members (excludes halogenated alkanes) is 19. The molecule has 0 fully saturated rings. The van der Waals surface area contributed by atoms with E-state index in [-0.39, 0.29) is 31.1 Å². The zero-order chi connectivity index (χ0) is 48.6. The molecule has 0 aliphatic heterocycles. The Morgan fingerprint density at radius 1 is 0.313 bits per heavy atom. The Bertz CT molecular complexity index is 1390. The van der Waals surface area contributed by atoms with Crippen molar-refractivity contribution in [3.8, 4) is 0 Å². The fourth-order valence-electron chi connectivity index (χ4n) is 7.16. The molecule has 380 valence electrons. The van der Waals surface area contributed by atoms with Gasteiger partial charge in [0, 0.05) is 19.3 Å². The highest BCUT2D eigenvalue weighted by Gasteiger charge is 2.19. The van der Waals surface area contributed by atoms with E-state index in [0.29, 0.717) is 19.3 Å².